The monoisotopic (exact) mass is 314 g/mol. The fourth-order valence-corrected chi connectivity index (χ4v) is 2.40. The number of amides is 1. The fraction of sp³-hybridized carbons (Fsp3) is 0.118. The van der Waals surface area contributed by atoms with Crippen LogP contribution in [0.2, 0.25) is 0 Å². The summed E-state index contributed by atoms with van der Waals surface area (Å²) in [5.41, 5.74) is 2.11. The number of ether oxygens (including phenoxy) is 1. The molecular weight excluding hydrogens is 299 g/mol. The molecule has 3 rings (SSSR count). The first-order valence-electron chi connectivity index (χ1n) is 6.98. The van der Waals surface area contributed by atoms with Crippen molar-refractivity contribution in [3.63, 3.8) is 0 Å². The Balaban J connectivity index is 1.85. The van der Waals surface area contributed by atoms with Crippen molar-refractivity contribution in [3.8, 4) is 5.75 Å². The van der Waals surface area contributed by atoms with Crippen LogP contribution in [0.3, 0.4) is 0 Å². The molecule has 3 N–H and O–H groups in total. The van der Waals surface area contributed by atoms with Gasteiger partial charge in [0.25, 0.3) is 5.91 Å². The topological polar surface area (TPSA) is 74.3 Å². The van der Waals surface area contributed by atoms with Crippen LogP contribution >= 0.6 is 0 Å². The number of benzene rings is 2. The van der Waals surface area contributed by atoms with Crippen LogP contribution in [0.1, 0.15) is 16.1 Å². The summed E-state index contributed by atoms with van der Waals surface area (Å²) >= 11 is 0. The van der Waals surface area contributed by atoms with E-state index in [2.05, 4.69) is 10.3 Å². The lowest BCUT2D eigenvalue weighted by atomic mass is 10.2. The summed E-state index contributed by atoms with van der Waals surface area (Å²) < 4.78 is 18.3. The van der Waals surface area contributed by atoms with Crippen molar-refractivity contribution in [1.82, 2.24) is 4.98 Å². The second-order valence-corrected chi connectivity index (χ2v) is 5.05. The number of H-pyrrole nitrogens is 1. The molecule has 1 heterocycles. The maximum Gasteiger partial charge on any atom is 0.272 e. The molecule has 1 amide bonds. The van der Waals surface area contributed by atoms with E-state index in [0.717, 1.165) is 0 Å². The largest absolute Gasteiger partial charge is 0.496 e. The van der Waals surface area contributed by atoms with Crippen LogP contribution in [0.4, 0.5) is 10.1 Å². The molecule has 2 aromatic carbocycles. The first-order valence-corrected chi connectivity index (χ1v) is 6.98. The third kappa shape index (κ3) is 3.02. The summed E-state index contributed by atoms with van der Waals surface area (Å²) in [6.45, 7) is -0.196. The predicted molar refractivity (Wildman–Crippen MR) is 85.1 cm³/mol. The third-order valence-corrected chi connectivity index (χ3v) is 3.54. The maximum atomic E-state index is 13.2. The number of rotatable bonds is 4. The number of halogens is 1. The summed E-state index contributed by atoms with van der Waals surface area (Å²) in [6, 6.07) is 10.8. The Hall–Kier alpha value is -2.86. The molecule has 3 aromatic rings. The van der Waals surface area contributed by atoms with Gasteiger partial charge >= 0.3 is 0 Å². The maximum absolute atomic E-state index is 13.2. The molecule has 1 aromatic heterocycles. The first-order chi connectivity index (χ1) is 11.1. The number of hydrogen-bond acceptors (Lipinski definition) is 3. The van der Waals surface area contributed by atoms with Crippen LogP contribution in [-0.4, -0.2) is 23.1 Å². The Morgan fingerprint density at radius 1 is 1.26 bits per heavy atom. The van der Waals surface area contributed by atoms with Gasteiger partial charge in [-0.3, -0.25) is 4.79 Å². The normalized spacial score (nSPS) is 10.7. The number of nitrogens with one attached hydrogen (secondary N) is 2. The highest BCUT2D eigenvalue weighted by Gasteiger charge is 2.11. The number of methoxy groups -OCH3 is 1. The van der Waals surface area contributed by atoms with Crippen molar-refractivity contribution in [2.75, 3.05) is 12.4 Å². The standard InChI is InChI=1S/C17H15FN2O3/c1-23-16-5-3-13(7-11(16)9-21)19-17(22)15-8-10-6-12(18)2-4-14(10)20-15/h2-8,20-21H,9H2,1H3,(H,19,22). The average Bonchev–Trinajstić information content (AvgIpc) is 2.97. The summed E-state index contributed by atoms with van der Waals surface area (Å²) in [5, 5.41) is 12.7. The van der Waals surface area contributed by atoms with Crippen molar-refractivity contribution in [1.29, 1.82) is 0 Å². The van der Waals surface area contributed by atoms with Gasteiger partial charge in [0.15, 0.2) is 0 Å². The fourth-order valence-electron chi connectivity index (χ4n) is 2.40. The van der Waals surface area contributed by atoms with E-state index >= 15 is 0 Å². The van der Waals surface area contributed by atoms with Gasteiger partial charge in [-0.05, 0) is 42.5 Å². The number of aliphatic hydroxyl groups excluding tert-OH is 1. The number of aliphatic hydroxyl groups is 1. The Labute approximate surface area is 131 Å². The van der Waals surface area contributed by atoms with E-state index in [9.17, 15) is 14.3 Å². The van der Waals surface area contributed by atoms with Gasteiger partial charge in [-0.1, -0.05) is 0 Å². The number of aromatic nitrogens is 1. The van der Waals surface area contributed by atoms with Crippen LogP contribution in [0, 0.1) is 5.82 Å². The smallest absolute Gasteiger partial charge is 0.272 e. The van der Waals surface area contributed by atoms with Gasteiger partial charge in [0.2, 0.25) is 0 Å². The summed E-state index contributed by atoms with van der Waals surface area (Å²) in [4.78, 5) is 15.2. The van der Waals surface area contributed by atoms with Gasteiger partial charge in [0.05, 0.1) is 13.7 Å². The summed E-state index contributed by atoms with van der Waals surface area (Å²) in [5.74, 6) is -0.159. The van der Waals surface area contributed by atoms with E-state index in [0.29, 0.717) is 33.6 Å². The molecule has 118 valence electrons. The van der Waals surface area contributed by atoms with Crippen LogP contribution in [0.5, 0.6) is 5.75 Å². The zero-order valence-corrected chi connectivity index (χ0v) is 12.4. The van der Waals surface area contributed by atoms with E-state index in [1.807, 2.05) is 0 Å². The minimum atomic E-state index is -0.355. The highest BCUT2D eigenvalue weighted by Crippen LogP contribution is 2.23. The van der Waals surface area contributed by atoms with Crippen LogP contribution in [0.25, 0.3) is 10.9 Å². The number of hydrogen-bond donors (Lipinski definition) is 3. The van der Waals surface area contributed by atoms with Crippen molar-refractivity contribution in [2.45, 2.75) is 6.61 Å². The molecule has 0 radical (unpaired) electrons. The van der Waals surface area contributed by atoms with Crippen LogP contribution < -0.4 is 10.1 Å². The second-order valence-electron chi connectivity index (χ2n) is 5.05. The molecule has 0 aliphatic heterocycles. The lowest BCUT2D eigenvalue weighted by Gasteiger charge is -2.09. The molecule has 0 aliphatic rings. The van der Waals surface area contributed by atoms with Crippen molar-refractivity contribution in [2.24, 2.45) is 0 Å². The molecule has 0 fully saturated rings. The number of aromatic amines is 1. The number of fused-ring (bicyclic) bond motifs is 1. The number of carbonyl (C=O) groups excluding carboxylic acids is 1. The first kappa shape index (κ1) is 15.1. The Kier molecular flexibility index (Phi) is 3.99. The van der Waals surface area contributed by atoms with E-state index < -0.39 is 0 Å². The minimum absolute atomic E-state index is 0.196. The minimum Gasteiger partial charge on any atom is -0.496 e. The molecule has 0 aliphatic carbocycles. The molecule has 23 heavy (non-hydrogen) atoms. The van der Waals surface area contributed by atoms with Gasteiger partial charge in [-0.15, -0.1) is 0 Å². The van der Waals surface area contributed by atoms with Crippen LogP contribution in [-0.2, 0) is 6.61 Å². The molecule has 5 nitrogen and oxygen atoms in total. The molecule has 0 saturated heterocycles. The molecule has 0 unspecified atom stereocenters. The zero-order valence-electron chi connectivity index (χ0n) is 12.4. The molecule has 0 saturated carbocycles. The molecule has 0 atom stereocenters. The summed E-state index contributed by atoms with van der Waals surface area (Å²) in [6.07, 6.45) is 0. The Bertz CT molecular complexity index is 873. The lowest BCUT2D eigenvalue weighted by molar-refractivity contribution is 0.102. The van der Waals surface area contributed by atoms with Gasteiger partial charge in [-0.25, -0.2) is 4.39 Å². The zero-order chi connectivity index (χ0) is 16.4. The average molecular weight is 314 g/mol. The van der Waals surface area contributed by atoms with Gasteiger partial charge in [0.1, 0.15) is 17.3 Å². The van der Waals surface area contributed by atoms with Crippen molar-refractivity contribution in [3.05, 3.63) is 59.5 Å². The SMILES string of the molecule is COc1ccc(NC(=O)c2cc3cc(F)ccc3[nH]2)cc1CO. The Morgan fingerprint density at radius 2 is 2.09 bits per heavy atom. The third-order valence-electron chi connectivity index (χ3n) is 3.54. The van der Waals surface area contributed by atoms with Crippen molar-refractivity contribution < 1.29 is 19.0 Å². The van der Waals surface area contributed by atoms with E-state index in [4.69, 9.17) is 4.74 Å². The number of carbonyl (C=O) groups is 1. The molecular formula is C17H15FN2O3. The second kappa shape index (κ2) is 6.10. The lowest BCUT2D eigenvalue weighted by Crippen LogP contribution is -2.12. The van der Waals surface area contributed by atoms with Gasteiger partial charge in [-0.2, -0.15) is 0 Å². The number of anilines is 1. The molecule has 0 spiro atoms. The highest BCUT2D eigenvalue weighted by atomic mass is 19.1. The summed E-state index contributed by atoms with van der Waals surface area (Å²) in [7, 11) is 1.51. The van der Waals surface area contributed by atoms with E-state index in [1.54, 1.807) is 30.3 Å². The quantitative estimate of drug-likeness (QED) is 0.693. The Morgan fingerprint density at radius 3 is 2.83 bits per heavy atom. The predicted octanol–water partition coefficient (Wildman–Crippen LogP) is 3.06. The molecule has 0 bridgehead atoms. The van der Waals surface area contributed by atoms with Gasteiger partial charge < -0.3 is 20.1 Å². The highest BCUT2D eigenvalue weighted by molar-refractivity contribution is 6.06. The van der Waals surface area contributed by atoms with E-state index in [-0.39, 0.29) is 18.3 Å². The van der Waals surface area contributed by atoms with Crippen LogP contribution in [0.15, 0.2) is 42.5 Å². The van der Waals surface area contributed by atoms with Crippen molar-refractivity contribution >= 4 is 22.5 Å². The molecule has 6 heteroatoms. The van der Waals surface area contributed by atoms with Gasteiger partial charge in [0, 0.05) is 22.2 Å². The van der Waals surface area contributed by atoms with E-state index in [1.165, 1.54) is 19.2 Å².